The van der Waals surface area contributed by atoms with E-state index in [-0.39, 0.29) is 12.1 Å². The van der Waals surface area contributed by atoms with Gasteiger partial charge >= 0.3 is 6.03 Å². The lowest BCUT2D eigenvalue weighted by Crippen LogP contribution is -2.38. The standard InChI is InChI=1S/C21H28N2O4/c1-5-27-18-8-6-7-17(14-18)15(2)23-21(24)22-12-11-16-9-10-19(25-3)20(13-16)26-4/h6-10,13-15H,5,11-12H2,1-4H3,(H2,22,23,24). The number of benzene rings is 2. The van der Waals surface area contributed by atoms with Gasteiger partial charge in [-0.15, -0.1) is 0 Å². The minimum absolute atomic E-state index is 0.119. The van der Waals surface area contributed by atoms with E-state index in [2.05, 4.69) is 10.6 Å². The molecule has 6 heteroatoms. The van der Waals surface area contributed by atoms with Crippen LogP contribution in [0.4, 0.5) is 4.79 Å². The Kier molecular flexibility index (Phi) is 7.79. The predicted molar refractivity (Wildman–Crippen MR) is 106 cm³/mol. The fourth-order valence-corrected chi connectivity index (χ4v) is 2.73. The Hall–Kier alpha value is -2.89. The summed E-state index contributed by atoms with van der Waals surface area (Å²) >= 11 is 0. The third-order valence-electron chi connectivity index (χ3n) is 4.16. The first kappa shape index (κ1) is 20.4. The zero-order valence-electron chi connectivity index (χ0n) is 16.4. The van der Waals surface area contributed by atoms with Gasteiger partial charge in [-0.25, -0.2) is 4.79 Å². The van der Waals surface area contributed by atoms with Crippen molar-refractivity contribution in [3.63, 3.8) is 0 Å². The van der Waals surface area contributed by atoms with Crippen LogP contribution in [0.5, 0.6) is 17.2 Å². The zero-order chi connectivity index (χ0) is 19.6. The second-order valence-corrected chi connectivity index (χ2v) is 6.07. The van der Waals surface area contributed by atoms with Crippen LogP contribution < -0.4 is 24.8 Å². The quantitative estimate of drug-likeness (QED) is 0.704. The maximum atomic E-state index is 12.2. The van der Waals surface area contributed by atoms with E-state index < -0.39 is 0 Å². The van der Waals surface area contributed by atoms with Crippen LogP contribution in [0.25, 0.3) is 0 Å². The van der Waals surface area contributed by atoms with Crippen molar-refractivity contribution < 1.29 is 19.0 Å². The van der Waals surface area contributed by atoms with E-state index in [4.69, 9.17) is 14.2 Å². The van der Waals surface area contributed by atoms with E-state index in [1.54, 1.807) is 14.2 Å². The van der Waals surface area contributed by atoms with Gasteiger partial charge < -0.3 is 24.8 Å². The molecule has 0 spiro atoms. The van der Waals surface area contributed by atoms with Crippen LogP contribution in [0.3, 0.4) is 0 Å². The van der Waals surface area contributed by atoms with Crippen LogP contribution in [0, 0.1) is 0 Å². The highest BCUT2D eigenvalue weighted by atomic mass is 16.5. The Morgan fingerprint density at radius 1 is 1.07 bits per heavy atom. The molecule has 2 amide bonds. The Labute approximate surface area is 160 Å². The molecule has 0 fully saturated rings. The molecule has 0 saturated heterocycles. The lowest BCUT2D eigenvalue weighted by molar-refractivity contribution is 0.238. The van der Waals surface area contributed by atoms with Gasteiger partial charge in [-0.1, -0.05) is 18.2 Å². The normalized spacial score (nSPS) is 11.4. The largest absolute Gasteiger partial charge is 0.494 e. The van der Waals surface area contributed by atoms with E-state index >= 15 is 0 Å². The number of methoxy groups -OCH3 is 2. The van der Waals surface area contributed by atoms with Crippen LogP contribution in [-0.4, -0.2) is 33.4 Å². The molecule has 6 nitrogen and oxygen atoms in total. The summed E-state index contributed by atoms with van der Waals surface area (Å²) in [4.78, 5) is 12.2. The number of hydrogen-bond donors (Lipinski definition) is 2. The van der Waals surface area contributed by atoms with Gasteiger partial charge in [0.1, 0.15) is 5.75 Å². The first-order valence-corrected chi connectivity index (χ1v) is 9.05. The van der Waals surface area contributed by atoms with E-state index in [0.29, 0.717) is 31.1 Å². The smallest absolute Gasteiger partial charge is 0.315 e. The summed E-state index contributed by atoms with van der Waals surface area (Å²) in [6, 6.07) is 13.2. The molecule has 27 heavy (non-hydrogen) atoms. The number of carbonyl (C=O) groups is 1. The molecule has 146 valence electrons. The Bertz CT molecular complexity index is 749. The SMILES string of the molecule is CCOc1cccc(C(C)NC(=O)NCCc2ccc(OC)c(OC)c2)c1. The summed E-state index contributed by atoms with van der Waals surface area (Å²) < 4.78 is 16.0. The van der Waals surface area contributed by atoms with Gasteiger partial charge in [0, 0.05) is 6.54 Å². The molecule has 0 aliphatic carbocycles. The number of nitrogens with one attached hydrogen (secondary N) is 2. The Morgan fingerprint density at radius 3 is 2.56 bits per heavy atom. The first-order chi connectivity index (χ1) is 13.1. The molecular formula is C21H28N2O4. The average molecular weight is 372 g/mol. The molecule has 1 unspecified atom stereocenters. The highest BCUT2D eigenvalue weighted by Gasteiger charge is 2.10. The van der Waals surface area contributed by atoms with E-state index in [1.807, 2.05) is 56.3 Å². The molecule has 2 aromatic rings. The third kappa shape index (κ3) is 6.09. The summed E-state index contributed by atoms with van der Waals surface area (Å²) in [5.41, 5.74) is 2.06. The number of rotatable bonds is 9. The van der Waals surface area contributed by atoms with Crippen molar-refractivity contribution in [3.8, 4) is 17.2 Å². The zero-order valence-corrected chi connectivity index (χ0v) is 16.4. The van der Waals surface area contributed by atoms with Crippen LogP contribution in [-0.2, 0) is 6.42 Å². The number of amides is 2. The summed E-state index contributed by atoms with van der Waals surface area (Å²) in [6.45, 7) is 5.02. The van der Waals surface area contributed by atoms with Gasteiger partial charge in [0.15, 0.2) is 11.5 Å². The monoisotopic (exact) mass is 372 g/mol. The van der Waals surface area contributed by atoms with Crippen LogP contribution >= 0.6 is 0 Å². The van der Waals surface area contributed by atoms with Crippen molar-refractivity contribution in [2.45, 2.75) is 26.3 Å². The predicted octanol–water partition coefficient (Wildman–Crippen LogP) is 3.71. The van der Waals surface area contributed by atoms with Crippen molar-refractivity contribution in [3.05, 3.63) is 53.6 Å². The first-order valence-electron chi connectivity index (χ1n) is 9.05. The lowest BCUT2D eigenvalue weighted by atomic mass is 10.1. The van der Waals surface area contributed by atoms with Crippen LogP contribution in [0.1, 0.15) is 31.0 Å². The highest BCUT2D eigenvalue weighted by Crippen LogP contribution is 2.27. The van der Waals surface area contributed by atoms with Crippen molar-refractivity contribution in [1.29, 1.82) is 0 Å². The molecule has 0 aliphatic rings. The number of carbonyl (C=O) groups excluding carboxylic acids is 1. The topological polar surface area (TPSA) is 68.8 Å². The minimum atomic E-state index is -0.204. The number of ether oxygens (including phenoxy) is 3. The molecule has 2 aromatic carbocycles. The summed E-state index contributed by atoms with van der Waals surface area (Å²) in [7, 11) is 3.21. The molecule has 0 heterocycles. The van der Waals surface area contributed by atoms with Gasteiger partial charge in [-0.3, -0.25) is 0 Å². The molecule has 0 bridgehead atoms. The van der Waals surface area contributed by atoms with Gasteiger partial charge in [0.2, 0.25) is 0 Å². The molecule has 0 aromatic heterocycles. The average Bonchev–Trinajstić information content (AvgIpc) is 2.68. The van der Waals surface area contributed by atoms with Crippen molar-refractivity contribution >= 4 is 6.03 Å². The van der Waals surface area contributed by atoms with Crippen LogP contribution in [0.2, 0.25) is 0 Å². The van der Waals surface area contributed by atoms with Crippen molar-refractivity contribution in [1.82, 2.24) is 10.6 Å². The van der Waals surface area contributed by atoms with E-state index in [0.717, 1.165) is 16.9 Å². The maximum Gasteiger partial charge on any atom is 0.315 e. The number of hydrogen-bond acceptors (Lipinski definition) is 4. The summed E-state index contributed by atoms with van der Waals surface area (Å²) in [6.07, 6.45) is 0.696. The van der Waals surface area contributed by atoms with Crippen molar-refractivity contribution in [2.24, 2.45) is 0 Å². The van der Waals surface area contributed by atoms with Crippen LogP contribution in [0.15, 0.2) is 42.5 Å². The van der Waals surface area contributed by atoms with E-state index in [9.17, 15) is 4.79 Å². The fourth-order valence-electron chi connectivity index (χ4n) is 2.73. The number of urea groups is 1. The molecule has 0 radical (unpaired) electrons. The van der Waals surface area contributed by atoms with E-state index in [1.165, 1.54) is 0 Å². The fraction of sp³-hybridized carbons (Fsp3) is 0.381. The molecular weight excluding hydrogens is 344 g/mol. The molecule has 0 saturated carbocycles. The highest BCUT2D eigenvalue weighted by molar-refractivity contribution is 5.74. The Balaban J connectivity index is 1.83. The second kappa shape index (κ2) is 10.3. The lowest BCUT2D eigenvalue weighted by Gasteiger charge is -2.16. The molecule has 1 atom stereocenters. The maximum absolute atomic E-state index is 12.2. The molecule has 2 N–H and O–H groups in total. The second-order valence-electron chi connectivity index (χ2n) is 6.07. The van der Waals surface area contributed by atoms with Crippen molar-refractivity contribution in [2.75, 3.05) is 27.4 Å². The minimum Gasteiger partial charge on any atom is -0.494 e. The van der Waals surface area contributed by atoms with Gasteiger partial charge in [0.05, 0.1) is 26.9 Å². The van der Waals surface area contributed by atoms with Gasteiger partial charge in [0.25, 0.3) is 0 Å². The van der Waals surface area contributed by atoms with Gasteiger partial charge in [-0.05, 0) is 55.7 Å². The molecule has 0 aliphatic heterocycles. The Morgan fingerprint density at radius 2 is 1.85 bits per heavy atom. The summed E-state index contributed by atoms with van der Waals surface area (Å²) in [5, 5.41) is 5.83. The summed E-state index contributed by atoms with van der Waals surface area (Å²) in [5.74, 6) is 2.18. The molecule has 2 rings (SSSR count). The van der Waals surface area contributed by atoms with Gasteiger partial charge in [-0.2, -0.15) is 0 Å². The third-order valence-corrected chi connectivity index (χ3v) is 4.16.